The van der Waals surface area contributed by atoms with Crippen LogP contribution in [0.4, 0.5) is 17.3 Å². The monoisotopic (exact) mass is 320 g/mol. The van der Waals surface area contributed by atoms with Gasteiger partial charge in [-0.2, -0.15) is 0 Å². The lowest BCUT2D eigenvalue weighted by molar-refractivity contribution is -0.342. The highest BCUT2D eigenvalue weighted by atomic mass is 35.5. The van der Waals surface area contributed by atoms with E-state index in [-0.39, 0.29) is 18.3 Å². The number of halogens is 1. The van der Waals surface area contributed by atoms with E-state index in [1.807, 2.05) is 18.2 Å². The molecule has 1 amide bonds. The molecule has 0 saturated heterocycles. The van der Waals surface area contributed by atoms with Gasteiger partial charge in [0, 0.05) is 12.5 Å². The first kappa shape index (κ1) is 17.8. The minimum absolute atomic E-state index is 0. The van der Waals surface area contributed by atoms with Gasteiger partial charge >= 0.3 is 0 Å². The molecule has 5 nitrogen and oxygen atoms in total. The summed E-state index contributed by atoms with van der Waals surface area (Å²) in [5.74, 6) is 1.19. The molecule has 0 unspecified atom stereocenters. The number of aryl methyl sites for hydroxylation is 1. The Morgan fingerprint density at radius 2 is 1.95 bits per heavy atom. The van der Waals surface area contributed by atoms with Crippen molar-refractivity contribution in [2.45, 2.75) is 26.8 Å². The average molecular weight is 321 g/mol. The van der Waals surface area contributed by atoms with Gasteiger partial charge in [0.15, 0.2) is 0 Å². The number of hydrogen-bond acceptors (Lipinski definition) is 3. The fourth-order valence-electron chi connectivity index (χ4n) is 1.96. The van der Waals surface area contributed by atoms with E-state index in [0.29, 0.717) is 24.5 Å². The van der Waals surface area contributed by atoms with Crippen LogP contribution in [0.15, 0.2) is 36.4 Å². The summed E-state index contributed by atoms with van der Waals surface area (Å²) in [4.78, 5) is 14.4. The maximum atomic E-state index is 11.4. The van der Waals surface area contributed by atoms with Crippen molar-refractivity contribution in [1.82, 2.24) is 0 Å². The summed E-state index contributed by atoms with van der Waals surface area (Å²) in [7, 11) is 0. The van der Waals surface area contributed by atoms with E-state index >= 15 is 0 Å². The molecular weight excluding hydrogens is 300 g/mol. The van der Waals surface area contributed by atoms with Crippen LogP contribution >= 0.6 is 0 Å². The third-order valence-corrected chi connectivity index (χ3v) is 3.30. The number of pyridine rings is 1. The largest absolute Gasteiger partial charge is 1.00 e. The van der Waals surface area contributed by atoms with E-state index in [2.05, 4.69) is 34.7 Å². The summed E-state index contributed by atoms with van der Waals surface area (Å²) < 4.78 is 0. The number of H-pyrrole nitrogens is 1. The summed E-state index contributed by atoms with van der Waals surface area (Å²) in [5, 5.41) is 6.04. The molecule has 0 radical (unpaired) electrons. The van der Waals surface area contributed by atoms with E-state index < -0.39 is 0 Å². The van der Waals surface area contributed by atoms with Gasteiger partial charge in [0.25, 0.3) is 0 Å². The van der Waals surface area contributed by atoms with Crippen LogP contribution in [0.1, 0.15) is 24.5 Å². The molecule has 0 atom stereocenters. The standard InChI is InChI=1S/C16H20N4O.ClH/c1-3-15(21)19-13-8-9-14(20-16(13)17)18-10-12-7-5-4-6-11(12)2;/h4-9H,3,10H2,1-2H3,(H,19,21)(H3,17,18,20);1H. The van der Waals surface area contributed by atoms with Gasteiger partial charge in [-0.05, 0) is 24.1 Å². The van der Waals surface area contributed by atoms with Crippen molar-refractivity contribution in [3.8, 4) is 0 Å². The Balaban J connectivity index is 0.00000242. The molecule has 1 aromatic heterocycles. The first-order valence-electron chi connectivity index (χ1n) is 7.00. The maximum Gasteiger partial charge on any atom is 0.241 e. The number of rotatable bonds is 5. The molecule has 0 aliphatic rings. The summed E-state index contributed by atoms with van der Waals surface area (Å²) in [6.07, 6.45) is 0.423. The lowest BCUT2D eigenvalue weighted by Gasteiger charge is -2.08. The fraction of sp³-hybridized carbons (Fsp3) is 0.250. The molecule has 2 aromatic rings. The molecule has 1 aromatic carbocycles. The molecule has 0 bridgehead atoms. The average Bonchev–Trinajstić information content (AvgIpc) is 2.48. The van der Waals surface area contributed by atoms with Crippen LogP contribution in [0.25, 0.3) is 0 Å². The van der Waals surface area contributed by atoms with Crippen LogP contribution in [0, 0.1) is 6.92 Å². The normalized spacial score (nSPS) is 9.73. The Hall–Kier alpha value is -2.27. The van der Waals surface area contributed by atoms with Crippen LogP contribution in [-0.4, -0.2) is 5.91 Å². The van der Waals surface area contributed by atoms with E-state index in [1.54, 1.807) is 13.0 Å². The summed E-state index contributed by atoms with van der Waals surface area (Å²) >= 11 is 0. The zero-order valence-electron chi connectivity index (χ0n) is 12.7. The molecule has 0 spiro atoms. The van der Waals surface area contributed by atoms with Crippen LogP contribution < -0.4 is 33.8 Å². The maximum absolute atomic E-state index is 11.4. The molecule has 22 heavy (non-hydrogen) atoms. The van der Waals surface area contributed by atoms with Crippen molar-refractivity contribution in [3.63, 3.8) is 0 Å². The number of carbonyl (C=O) groups is 1. The number of carbonyl (C=O) groups excluding carboxylic acids is 1. The van der Waals surface area contributed by atoms with E-state index in [9.17, 15) is 4.79 Å². The van der Waals surface area contributed by atoms with Gasteiger partial charge in [-0.15, -0.1) is 0 Å². The molecule has 0 aliphatic heterocycles. The Morgan fingerprint density at radius 3 is 2.59 bits per heavy atom. The van der Waals surface area contributed by atoms with E-state index in [0.717, 1.165) is 5.82 Å². The lowest BCUT2D eigenvalue weighted by Crippen LogP contribution is -3.00. The zero-order valence-corrected chi connectivity index (χ0v) is 13.5. The first-order chi connectivity index (χ1) is 10.1. The predicted molar refractivity (Wildman–Crippen MR) is 84.8 cm³/mol. The van der Waals surface area contributed by atoms with Crippen LogP contribution in [0.5, 0.6) is 0 Å². The van der Waals surface area contributed by atoms with E-state index in [4.69, 9.17) is 5.73 Å². The van der Waals surface area contributed by atoms with E-state index in [1.165, 1.54) is 11.1 Å². The minimum Gasteiger partial charge on any atom is -1.00 e. The minimum atomic E-state index is -0.0595. The van der Waals surface area contributed by atoms with Crippen molar-refractivity contribution >= 4 is 23.2 Å². The van der Waals surface area contributed by atoms with Gasteiger partial charge in [-0.25, -0.2) is 4.98 Å². The highest BCUT2D eigenvalue weighted by Gasteiger charge is 2.09. The second kappa shape index (κ2) is 8.24. The quantitative estimate of drug-likeness (QED) is 0.685. The molecular formula is C16H21ClN4O. The van der Waals surface area contributed by atoms with Gasteiger partial charge in [-0.1, -0.05) is 31.2 Å². The van der Waals surface area contributed by atoms with Crippen molar-refractivity contribution in [2.24, 2.45) is 0 Å². The van der Waals surface area contributed by atoms with Gasteiger partial charge in [0.1, 0.15) is 5.69 Å². The van der Waals surface area contributed by atoms with Crippen molar-refractivity contribution in [3.05, 3.63) is 47.5 Å². The summed E-state index contributed by atoms with van der Waals surface area (Å²) in [6, 6.07) is 11.9. The number of hydrogen-bond donors (Lipinski definition) is 3. The summed E-state index contributed by atoms with van der Waals surface area (Å²) in [5.41, 5.74) is 8.98. The first-order valence-corrected chi connectivity index (χ1v) is 7.00. The molecule has 2 rings (SSSR count). The Bertz CT molecular complexity index is 646. The second-order valence-corrected chi connectivity index (χ2v) is 4.88. The predicted octanol–water partition coefficient (Wildman–Crippen LogP) is -0.644. The zero-order chi connectivity index (χ0) is 15.2. The van der Waals surface area contributed by atoms with Crippen LogP contribution in [-0.2, 0) is 11.3 Å². The van der Waals surface area contributed by atoms with Crippen molar-refractivity contribution in [2.75, 3.05) is 16.4 Å². The van der Waals surface area contributed by atoms with Gasteiger partial charge in [0.05, 0.1) is 6.54 Å². The molecule has 118 valence electrons. The molecule has 6 heteroatoms. The lowest BCUT2D eigenvalue weighted by atomic mass is 10.1. The Morgan fingerprint density at radius 1 is 1.23 bits per heavy atom. The molecule has 1 heterocycles. The number of nitrogens with one attached hydrogen (secondary N) is 3. The van der Waals surface area contributed by atoms with Crippen LogP contribution in [0.2, 0.25) is 0 Å². The summed E-state index contributed by atoms with van der Waals surface area (Å²) in [6.45, 7) is 4.59. The molecule has 5 N–H and O–H groups in total. The Kier molecular flexibility index (Phi) is 6.66. The number of aromatic amines is 1. The van der Waals surface area contributed by atoms with Crippen LogP contribution in [0.3, 0.4) is 0 Å². The third-order valence-electron chi connectivity index (χ3n) is 3.30. The molecule has 0 aliphatic carbocycles. The number of anilines is 3. The number of benzene rings is 1. The number of amides is 1. The third kappa shape index (κ3) is 4.63. The number of nitrogens with two attached hydrogens (primary N) is 1. The number of aromatic nitrogens is 1. The van der Waals surface area contributed by atoms with Gasteiger partial charge < -0.3 is 28.8 Å². The fourth-order valence-corrected chi connectivity index (χ4v) is 1.96. The smallest absolute Gasteiger partial charge is 0.241 e. The Labute approximate surface area is 136 Å². The molecule has 0 saturated carbocycles. The SMILES string of the molecule is CCC(=O)Nc1ccc(NCc2ccccc2C)[nH+]c1N.[Cl-]. The van der Waals surface area contributed by atoms with Crippen molar-refractivity contribution < 1.29 is 22.2 Å². The number of nitrogen functional groups attached to an aromatic ring is 1. The van der Waals surface area contributed by atoms with Gasteiger partial charge in [0.2, 0.25) is 17.5 Å². The van der Waals surface area contributed by atoms with Gasteiger partial charge in [-0.3, -0.25) is 4.79 Å². The van der Waals surface area contributed by atoms with Crippen molar-refractivity contribution in [1.29, 1.82) is 0 Å². The highest BCUT2D eigenvalue weighted by molar-refractivity contribution is 5.92. The highest BCUT2D eigenvalue weighted by Crippen LogP contribution is 2.16. The second-order valence-electron chi connectivity index (χ2n) is 4.88. The molecule has 0 fully saturated rings. The topological polar surface area (TPSA) is 81.3 Å².